The van der Waals surface area contributed by atoms with Gasteiger partial charge >= 0.3 is 0 Å². The Balaban J connectivity index is 2.56. The average molecular weight is 294 g/mol. The van der Waals surface area contributed by atoms with Crippen molar-refractivity contribution in [3.05, 3.63) is 45.0 Å². The lowest BCUT2D eigenvalue weighted by Crippen LogP contribution is -2.11. The first-order valence-corrected chi connectivity index (χ1v) is 6.08. The van der Waals surface area contributed by atoms with Crippen LogP contribution >= 0.6 is 15.9 Å². The lowest BCUT2D eigenvalue weighted by molar-refractivity contribution is 0.812. The van der Waals surface area contributed by atoms with Crippen molar-refractivity contribution >= 4 is 15.9 Å². The van der Waals surface area contributed by atoms with Gasteiger partial charge in [-0.05, 0) is 27.9 Å². The topological polar surface area (TPSA) is 58.6 Å². The molecule has 2 aromatic heterocycles. The second-order valence-corrected chi connectivity index (χ2v) is 4.98. The molecule has 0 saturated heterocycles. The molecule has 0 fully saturated rings. The Morgan fingerprint density at radius 2 is 2.06 bits per heavy atom. The molecule has 2 heterocycles. The molecule has 0 atom stereocenters. The van der Waals surface area contributed by atoms with Gasteiger partial charge in [0.15, 0.2) is 0 Å². The number of H-pyrrole nitrogens is 1. The van der Waals surface area contributed by atoms with Crippen molar-refractivity contribution in [2.75, 3.05) is 0 Å². The summed E-state index contributed by atoms with van der Waals surface area (Å²) < 4.78 is 0.854. The molecule has 88 valence electrons. The first-order valence-electron chi connectivity index (χ1n) is 5.28. The second-order valence-electron chi connectivity index (χ2n) is 4.07. The Kier molecular flexibility index (Phi) is 3.38. The van der Waals surface area contributed by atoms with E-state index in [0.29, 0.717) is 5.82 Å². The minimum Gasteiger partial charge on any atom is -0.306 e. The van der Waals surface area contributed by atoms with Crippen molar-refractivity contribution in [3.8, 4) is 11.4 Å². The Hall–Kier alpha value is -1.49. The van der Waals surface area contributed by atoms with Gasteiger partial charge in [-0.25, -0.2) is 4.98 Å². The van der Waals surface area contributed by atoms with E-state index >= 15 is 0 Å². The quantitative estimate of drug-likeness (QED) is 0.926. The van der Waals surface area contributed by atoms with Crippen molar-refractivity contribution in [3.63, 3.8) is 0 Å². The monoisotopic (exact) mass is 293 g/mol. The van der Waals surface area contributed by atoms with Crippen molar-refractivity contribution in [1.82, 2.24) is 15.0 Å². The third-order valence-corrected chi connectivity index (χ3v) is 2.76. The van der Waals surface area contributed by atoms with E-state index in [1.165, 1.54) is 6.07 Å². The van der Waals surface area contributed by atoms with E-state index in [1.807, 2.05) is 19.9 Å². The largest absolute Gasteiger partial charge is 0.306 e. The lowest BCUT2D eigenvalue weighted by atomic mass is 10.1. The van der Waals surface area contributed by atoms with Gasteiger partial charge in [0.1, 0.15) is 5.82 Å². The highest BCUT2D eigenvalue weighted by atomic mass is 79.9. The highest BCUT2D eigenvalue weighted by Gasteiger charge is 2.07. The molecular formula is C12H12BrN3O. The molecule has 0 saturated carbocycles. The van der Waals surface area contributed by atoms with Gasteiger partial charge in [0.2, 0.25) is 0 Å². The Bertz CT molecular complexity index is 592. The summed E-state index contributed by atoms with van der Waals surface area (Å²) in [5.41, 5.74) is 1.43. The molecular weight excluding hydrogens is 282 g/mol. The summed E-state index contributed by atoms with van der Waals surface area (Å²) in [7, 11) is 0. The van der Waals surface area contributed by atoms with Crippen LogP contribution in [0.2, 0.25) is 0 Å². The van der Waals surface area contributed by atoms with Crippen molar-refractivity contribution in [1.29, 1.82) is 0 Å². The zero-order valence-electron chi connectivity index (χ0n) is 9.57. The van der Waals surface area contributed by atoms with E-state index in [2.05, 4.69) is 30.9 Å². The maximum absolute atomic E-state index is 11.5. The summed E-state index contributed by atoms with van der Waals surface area (Å²) in [6.45, 7) is 4.01. The number of rotatable bonds is 2. The first kappa shape index (κ1) is 12.0. The molecule has 0 aliphatic carbocycles. The number of pyridine rings is 1. The third kappa shape index (κ3) is 2.79. The van der Waals surface area contributed by atoms with Crippen LogP contribution in [-0.4, -0.2) is 15.0 Å². The van der Waals surface area contributed by atoms with Crippen LogP contribution in [0.3, 0.4) is 0 Å². The van der Waals surface area contributed by atoms with Gasteiger partial charge in [-0.2, -0.15) is 0 Å². The summed E-state index contributed by atoms with van der Waals surface area (Å²) in [4.78, 5) is 22.7. The first-order chi connectivity index (χ1) is 8.06. The molecule has 2 aromatic rings. The van der Waals surface area contributed by atoms with Crippen molar-refractivity contribution in [2.24, 2.45) is 0 Å². The number of aromatic amines is 1. The number of hydrogen-bond donors (Lipinski definition) is 1. The molecule has 0 aromatic carbocycles. The molecule has 0 bridgehead atoms. The molecule has 0 aliphatic heterocycles. The van der Waals surface area contributed by atoms with Crippen LogP contribution in [0.4, 0.5) is 0 Å². The van der Waals surface area contributed by atoms with E-state index in [0.717, 1.165) is 15.7 Å². The Morgan fingerprint density at radius 3 is 2.71 bits per heavy atom. The fourth-order valence-corrected chi connectivity index (χ4v) is 1.82. The minimum absolute atomic E-state index is 0.140. The van der Waals surface area contributed by atoms with Crippen LogP contribution < -0.4 is 5.56 Å². The molecule has 0 aliphatic rings. The standard InChI is InChI=1S/C12H12BrN3O/c1-7(2)10-4-11(17)16-12(15-10)8-3-9(13)6-14-5-8/h3-7H,1-2H3,(H,15,16,17). The predicted octanol–water partition coefficient (Wildman–Crippen LogP) is 2.72. The van der Waals surface area contributed by atoms with E-state index in [9.17, 15) is 4.79 Å². The normalized spacial score (nSPS) is 10.8. The fraction of sp³-hybridized carbons (Fsp3) is 0.250. The highest BCUT2D eigenvalue weighted by Crippen LogP contribution is 2.19. The summed E-state index contributed by atoms with van der Waals surface area (Å²) in [6.07, 6.45) is 3.36. The molecule has 0 unspecified atom stereocenters. The van der Waals surface area contributed by atoms with Crippen LogP contribution in [0.5, 0.6) is 0 Å². The van der Waals surface area contributed by atoms with Gasteiger partial charge in [0.05, 0.1) is 5.69 Å². The molecule has 5 heteroatoms. The average Bonchev–Trinajstić information content (AvgIpc) is 2.28. The van der Waals surface area contributed by atoms with Crippen LogP contribution in [0.15, 0.2) is 33.8 Å². The number of hydrogen-bond acceptors (Lipinski definition) is 3. The molecule has 4 nitrogen and oxygen atoms in total. The van der Waals surface area contributed by atoms with Crippen molar-refractivity contribution in [2.45, 2.75) is 19.8 Å². The number of nitrogens with one attached hydrogen (secondary N) is 1. The molecule has 0 spiro atoms. The number of aromatic nitrogens is 3. The third-order valence-electron chi connectivity index (χ3n) is 2.33. The molecule has 2 rings (SSSR count). The van der Waals surface area contributed by atoms with Gasteiger partial charge in [-0.1, -0.05) is 13.8 Å². The zero-order chi connectivity index (χ0) is 12.4. The predicted molar refractivity (Wildman–Crippen MR) is 69.9 cm³/mol. The summed E-state index contributed by atoms with van der Waals surface area (Å²) in [6, 6.07) is 3.40. The van der Waals surface area contributed by atoms with Crippen LogP contribution in [0.25, 0.3) is 11.4 Å². The molecule has 0 amide bonds. The van der Waals surface area contributed by atoms with E-state index in [-0.39, 0.29) is 11.5 Å². The van der Waals surface area contributed by atoms with Gasteiger partial charge in [-0.15, -0.1) is 0 Å². The molecule has 17 heavy (non-hydrogen) atoms. The van der Waals surface area contributed by atoms with E-state index in [1.54, 1.807) is 12.4 Å². The summed E-state index contributed by atoms with van der Waals surface area (Å²) in [5.74, 6) is 0.770. The van der Waals surface area contributed by atoms with Gasteiger partial charge in [-0.3, -0.25) is 9.78 Å². The number of nitrogens with zero attached hydrogens (tertiary/aromatic N) is 2. The lowest BCUT2D eigenvalue weighted by Gasteiger charge is -2.06. The maximum Gasteiger partial charge on any atom is 0.251 e. The maximum atomic E-state index is 11.5. The van der Waals surface area contributed by atoms with Gasteiger partial charge < -0.3 is 4.98 Å². The fourth-order valence-electron chi connectivity index (χ4n) is 1.45. The molecule has 0 radical (unpaired) electrons. The van der Waals surface area contributed by atoms with E-state index in [4.69, 9.17) is 0 Å². The highest BCUT2D eigenvalue weighted by molar-refractivity contribution is 9.10. The van der Waals surface area contributed by atoms with Crippen LogP contribution in [-0.2, 0) is 0 Å². The molecule has 1 N–H and O–H groups in total. The minimum atomic E-state index is -0.140. The number of halogens is 1. The van der Waals surface area contributed by atoms with E-state index < -0.39 is 0 Å². The SMILES string of the molecule is CC(C)c1cc(=O)[nH]c(-c2cncc(Br)c2)n1. The van der Waals surface area contributed by atoms with Crippen LogP contribution in [0, 0.1) is 0 Å². The Labute approximate surface area is 107 Å². The van der Waals surface area contributed by atoms with Crippen molar-refractivity contribution < 1.29 is 0 Å². The van der Waals surface area contributed by atoms with Crippen LogP contribution in [0.1, 0.15) is 25.5 Å². The second kappa shape index (κ2) is 4.79. The summed E-state index contributed by atoms with van der Waals surface area (Å²) in [5, 5.41) is 0. The van der Waals surface area contributed by atoms with Gasteiger partial charge in [0, 0.05) is 28.5 Å². The zero-order valence-corrected chi connectivity index (χ0v) is 11.2. The smallest absolute Gasteiger partial charge is 0.251 e. The van der Waals surface area contributed by atoms with Gasteiger partial charge in [0.25, 0.3) is 5.56 Å². The Morgan fingerprint density at radius 1 is 1.29 bits per heavy atom. The summed E-state index contributed by atoms with van der Waals surface area (Å²) >= 11 is 3.34.